The summed E-state index contributed by atoms with van der Waals surface area (Å²) in [5.41, 5.74) is -1.25. The second kappa shape index (κ2) is 13.3. The van der Waals surface area contributed by atoms with Gasteiger partial charge in [0.05, 0.1) is 18.8 Å². The summed E-state index contributed by atoms with van der Waals surface area (Å²) in [7, 11) is -2.60. The normalized spacial score (nSPS) is 12.2. The Labute approximate surface area is 223 Å². The van der Waals surface area contributed by atoms with Crippen molar-refractivity contribution in [2.45, 2.75) is 45.3 Å². The fraction of sp³-hybridized carbons (Fsp3) is 0.478. The monoisotopic (exact) mass is 583 g/mol. The predicted octanol–water partition coefficient (Wildman–Crippen LogP) is 4.86. The number of ether oxygens (including phenoxy) is 4. The minimum Gasteiger partial charge on any atom is -0.491 e. The second-order valence-corrected chi connectivity index (χ2v) is 10.7. The van der Waals surface area contributed by atoms with Crippen LogP contribution >= 0.6 is 11.6 Å². The predicted molar refractivity (Wildman–Crippen MR) is 133 cm³/mol. The topological polar surface area (TPSA) is 125 Å². The van der Waals surface area contributed by atoms with Crippen LogP contribution in [0.25, 0.3) is 0 Å². The molecule has 15 heteroatoms. The van der Waals surface area contributed by atoms with E-state index in [0.29, 0.717) is 30.2 Å². The van der Waals surface area contributed by atoms with E-state index in [1.807, 2.05) is 0 Å². The van der Waals surface area contributed by atoms with Gasteiger partial charge in [0.25, 0.3) is 0 Å². The Morgan fingerprint density at radius 3 is 2.42 bits per heavy atom. The maximum Gasteiger partial charge on any atom is 0.421 e. The number of aryl methyl sites for hydroxylation is 1. The lowest BCUT2D eigenvalue weighted by molar-refractivity contribution is -0.137. The molecule has 2 rings (SSSR count). The Morgan fingerprint density at radius 1 is 1.11 bits per heavy atom. The third-order valence-corrected chi connectivity index (χ3v) is 6.01. The van der Waals surface area contributed by atoms with Gasteiger partial charge in [0.1, 0.15) is 23.1 Å². The average molecular weight is 584 g/mol. The number of amides is 1. The van der Waals surface area contributed by atoms with Gasteiger partial charge in [0.2, 0.25) is 5.88 Å². The van der Waals surface area contributed by atoms with Crippen molar-refractivity contribution in [1.82, 2.24) is 14.4 Å². The van der Waals surface area contributed by atoms with Crippen LogP contribution in [0, 0.1) is 0 Å². The summed E-state index contributed by atoms with van der Waals surface area (Å²) in [4.78, 5) is 15.6. The van der Waals surface area contributed by atoms with Crippen molar-refractivity contribution in [2.75, 3.05) is 26.9 Å². The van der Waals surface area contributed by atoms with E-state index in [-0.39, 0.29) is 42.7 Å². The van der Waals surface area contributed by atoms with E-state index >= 15 is 0 Å². The second-order valence-electron chi connectivity index (χ2n) is 8.92. The van der Waals surface area contributed by atoms with Gasteiger partial charge >= 0.3 is 22.5 Å². The number of pyridine rings is 1. The van der Waals surface area contributed by atoms with Crippen molar-refractivity contribution in [1.29, 1.82) is 0 Å². The van der Waals surface area contributed by atoms with E-state index in [9.17, 15) is 26.4 Å². The van der Waals surface area contributed by atoms with Crippen LogP contribution < -0.4 is 18.9 Å². The molecule has 1 aromatic carbocycles. The number of hydrogen-bond donors (Lipinski definition) is 2. The zero-order chi connectivity index (χ0) is 28.6. The Bertz CT molecular complexity index is 1210. The van der Waals surface area contributed by atoms with Gasteiger partial charge in [-0.2, -0.15) is 26.3 Å². The Hall–Kier alpha value is -2.81. The maximum atomic E-state index is 12.9. The van der Waals surface area contributed by atoms with Crippen LogP contribution in [-0.2, 0) is 32.3 Å². The van der Waals surface area contributed by atoms with Crippen molar-refractivity contribution >= 4 is 27.9 Å². The number of methoxy groups -OCH3 is 1. The first-order valence-corrected chi connectivity index (χ1v) is 13.1. The number of alkyl halides is 3. The highest BCUT2D eigenvalue weighted by Crippen LogP contribution is 2.36. The standard InChI is InChI=1S/C23H29ClF3N3O7S/c1-22(2,3)30-38(32,33)29-21(31)36-9-5-6-15-7-8-17(35-11-10-34-4)13-19(15)37-20-18(24)12-16(14-28-20)23(25,26)27/h7-8,12-14,30H,5-6,9-11H2,1-4H3,(H,29,31). The summed E-state index contributed by atoms with van der Waals surface area (Å²) in [6.07, 6.45) is -4.62. The molecule has 0 saturated heterocycles. The summed E-state index contributed by atoms with van der Waals surface area (Å²) < 4.78 is 87.8. The molecule has 0 bridgehead atoms. The molecular formula is C23H29ClF3N3O7S. The molecule has 0 aliphatic carbocycles. The van der Waals surface area contributed by atoms with Crippen LogP contribution in [0.15, 0.2) is 30.5 Å². The number of nitrogens with zero attached hydrogens (tertiary/aromatic N) is 1. The van der Waals surface area contributed by atoms with Crippen LogP contribution in [0.4, 0.5) is 18.0 Å². The van der Waals surface area contributed by atoms with Crippen LogP contribution in [0.5, 0.6) is 17.4 Å². The molecule has 1 heterocycles. The molecule has 2 N–H and O–H groups in total. The lowest BCUT2D eigenvalue weighted by Gasteiger charge is -2.20. The zero-order valence-electron chi connectivity index (χ0n) is 21.1. The van der Waals surface area contributed by atoms with Gasteiger partial charge in [-0.25, -0.2) is 14.5 Å². The van der Waals surface area contributed by atoms with Gasteiger partial charge < -0.3 is 18.9 Å². The number of benzene rings is 1. The molecule has 0 atom stereocenters. The fourth-order valence-electron chi connectivity index (χ4n) is 2.92. The minimum absolute atomic E-state index is 0.137. The molecule has 1 aromatic heterocycles. The number of hydrogen-bond acceptors (Lipinski definition) is 8. The summed E-state index contributed by atoms with van der Waals surface area (Å²) in [5, 5.41) is -0.346. The van der Waals surface area contributed by atoms with Crippen molar-refractivity contribution in [3.63, 3.8) is 0 Å². The van der Waals surface area contributed by atoms with Gasteiger partial charge in [-0.3, -0.25) is 0 Å². The average Bonchev–Trinajstić information content (AvgIpc) is 2.76. The SMILES string of the molecule is COCCOc1ccc(CCCOC(=O)NS(=O)(=O)NC(C)(C)C)c(Oc2ncc(C(F)(F)F)cc2Cl)c1. The van der Waals surface area contributed by atoms with Gasteiger partial charge in [-0.05, 0) is 51.3 Å². The maximum absolute atomic E-state index is 12.9. The highest BCUT2D eigenvalue weighted by molar-refractivity contribution is 7.88. The first-order chi connectivity index (χ1) is 17.6. The molecule has 38 heavy (non-hydrogen) atoms. The Morgan fingerprint density at radius 2 is 1.82 bits per heavy atom. The fourth-order valence-corrected chi connectivity index (χ4v) is 4.26. The quantitative estimate of drug-likeness (QED) is 0.339. The number of carbonyl (C=O) groups is 1. The summed E-state index contributed by atoms with van der Waals surface area (Å²) in [5.74, 6) is 0.355. The van der Waals surface area contributed by atoms with E-state index in [1.165, 1.54) is 13.2 Å². The van der Waals surface area contributed by atoms with Crippen LogP contribution in [0.3, 0.4) is 0 Å². The van der Waals surface area contributed by atoms with Gasteiger partial charge in [0.15, 0.2) is 0 Å². The molecule has 0 spiro atoms. The Balaban J connectivity index is 2.09. The lowest BCUT2D eigenvalue weighted by atomic mass is 10.1. The number of halogens is 4. The highest BCUT2D eigenvalue weighted by Gasteiger charge is 2.32. The smallest absolute Gasteiger partial charge is 0.421 e. The molecule has 0 aliphatic heterocycles. The van der Waals surface area contributed by atoms with E-state index in [2.05, 4.69) is 9.71 Å². The number of aromatic nitrogens is 1. The van der Waals surface area contributed by atoms with Gasteiger partial charge in [-0.15, -0.1) is 0 Å². The molecule has 0 unspecified atom stereocenters. The third-order valence-electron chi connectivity index (χ3n) is 4.42. The molecule has 2 aromatic rings. The molecule has 0 fully saturated rings. The molecule has 0 radical (unpaired) electrons. The molecule has 1 amide bonds. The summed E-state index contributed by atoms with van der Waals surface area (Å²) in [6.45, 7) is 5.26. The van der Waals surface area contributed by atoms with E-state index in [0.717, 1.165) is 0 Å². The van der Waals surface area contributed by atoms with Crippen molar-refractivity contribution < 1.29 is 45.3 Å². The zero-order valence-corrected chi connectivity index (χ0v) is 22.7. The van der Waals surface area contributed by atoms with E-state index in [4.69, 9.17) is 30.5 Å². The van der Waals surface area contributed by atoms with Crippen LogP contribution in [0.2, 0.25) is 5.02 Å². The molecule has 212 valence electrons. The van der Waals surface area contributed by atoms with Crippen LogP contribution in [-0.4, -0.2) is 52.0 Å². The molecular weight excluding hydrogens is 555 g/mol. The Kier molecular flexibility index (Phi) is 11.0. The summed E-state index contributed by atoms with van der Waals surface area (Å²) in [6, 6.07) is 5.53. The summed E-state index contributed by atoms with van der Waals surface area (Å²) >= 11 is 5.98. The number of carbonyl (C=O) groups excluding carboxylic acids is 1. The molecule has 0 aliphatic rings. The van der Waals surface area contributed by atoms with Crippen molar-refractivity contribution in [2.24, 2.45) is 0 Å². The third kappa shape index (κ3) is 10.9. The van der Waals surface area contributed by atoms with Crippen molar-refractivity contribution in [3.8, 4) is 17.4 Å². The lowest BCUT2D eigenvalue weighted by Crippen LogP contribution is -2.48. The molecule has 10 nitrogen and oxygen atoms in total. The van der Waals surface area contributed by atoms with E-state index in [1.54, 1.807) is 37.6 Å². The molecule has 0 saturated carbocycles. The van der Waals surface area contributed by atoms with Crippen molar-refractivity contribution in [3.05, 3.63) is 46.6 Å². The van der Waals surface area contributed by atoms with Gasteiger partial charge in [-0.1, -0.05) is 17.7 Å². The first kappa shape index (κ1) is 31.4. The minimum atomic E-state index is -4.62. The number of rotatable bonds is 12. The van der Waals surface area contributed by atoms with Gasteiger partial charge in [0, 0.05) is 24.9 Å². The van der Waals surface area contributed by atoms with E-state index < -0.39 is 33.6 Å². The first-order valence-electron chi connectivity index (χ1n) is 11.2. The number of nitrogens with one attached hydrogen (secondary N) is 2. The van der Waals surface area contributed by atoms with Crippen LogP contribution in [0.1, 0.15) is 38.3 Å². The highest BCUT2D eigenvalue weighted by atomic mass is 35.5. The largest absolute Gasteiger partial charge is 0.491 e.